The molecule has 0 aromatic heterocycles. The molecule has 2 aromatic carbocycles. The summed E-state index contributed by atoms with van der Waals surface area (Å²) in [7, 11) is 0. The van der Waals surface area contributed by atoms with Crippen molar-refractivity contribution in [2.75, 3.05) is 0 Å². The van der Waals surface area contributed by atoms with E-state index in [0.29, 0.717) is 17.9 Å². The van der Waals surface area contributed by atoms with E-state index in [4.69, 9.17) is 11.6 Å². The first-order chi connectivity index (χ1) is 10.7. The second-order valence-corrected chi connectivity index (χ2v) is 5.92. The maximum absolute atomic E-state index is 11.4. The van der Waals surface area contributed by atoms with Crippen molar-refractivity contribution < 1.29 is 4.92 Å². The van der Waals surface area contributed by atoms with Crippen LogP contribution in [0.2, 0.25) is 5.02 Å². The van der Waals surface area contributed by atoms with Crippen molar-refractivity contribution >= 4 is 17.2 Å². The smallest absolute Gasteiger partial charge is 0.223 e. The quantitative estimate of drug-likeness (QED) is 0.594. The van der Waals surface area contributed by atoms with Gasteiger partial charge in [-0.05, 0) is 29.2 Å². The lowest BCUT2D eigenvalue weighted by atomic mass is 9.78. The fourth-order valence-corrected chi connectivity index (χ4v) is 3.37. The van der Waals surface area contributed by atoms with Gasteiger partial charge in [0.05, 0.1) is 5.92 Å². The standard InChI is InChI=1S/C18H16ClNO2/c19-17-9-5-4-8-15(17)16-12-14(10-11-18(16)20(21)22)13-6-2-1-3-7-13/h1-10,16,18H,11-12H2/t16-,18+/m1/s1. The summed E-state index contributed by atoms with van der Waals surface area (Å²) in [6.45, 7) is 0. The number of allylic oxidation sites excluding steroid dienone is 1. The van der Waals surface area contributed by atoms with Crippen LogP contribution in [-0.4, -0.2) is 11.0 Å². The molecule has 4 heteroatoms. The van der Waals surface area contributed by atoms with E-state index in [1.807, 2.05) is 54.6 Å². The summed E-state index contributed by atoms with van der Waals surface area (Å²) in [5.41, 5.74) is 3.15. The zero-order chi connectivity index (χ0) is 15.5. The second-order valence-electron chi connectivity index (χ2n) is 5.52. The van der Waals surface area contributed by atoms with Gasteiger partial charge in [0.15, 0.2) is 0 Å². The van der Waals surface area contributed by atoms with Crippen LogP contribution in [0, 0.1) is 10.1 Å². The SMILES string of the molecule is O=[N+]([O-])[C@H]1CC=C(c2ccccc2)C[C@@H]1c1ccccc1Cl. The van der Waals surface area contributed by atoms with Crippen molar-refractivity contribution in [2.45, 2.75) is 24.8 Å². The molecule has 3 rings (SSSR count). The summed E-state index contributed by atoms with van der Waals surface area (Å²) >= 11 is 6.28. The number of nitro groups is 1. The number of rotatable bonds is 3. The summed E-state index contributed by atoms with van der Waals surface area (Å²) in [5.74, 6) is -0.191. The highest BCUT2D eigenvalue weighted by Crippen LogP contribution is 2.40. The van der Waals surface area contributed by atoms with Crippen LogP contribution in [0.5, 0.6) is 0 Å². The fraction of sp³-hybridized carbons (Fsp3) is 0.222. The third-order valence-corrected chi connectivity index (χ3v) is 4.57. The highest BCUT2D eigenvalue weighted by Gasteiger charge is 2.36. The summed E-state index contributed by atoms with van der Waals surface area (Å²) in [4.78, 5) is 11.3. The Labute approximate surface area is 134 Å². The first kappa shape index (κ1) is 14.8. The largest absolute Gasteiger partial charge is 0.264 e. The molecule has 0 unspecified atom stereocenters. The minimum Gasteiger partial charge on any atom is -0.264 e. The molecule has 0 bridgehead atoms. The molecular formula is C18H16ClNO2. The number of hydrogen-bond acceptors (Lipinski definition) is 2. The Kier molecular flexibility index (Phi) is 4.25. The van der Waals surface area contributed by atoms with Gasteiger partial charge in [-0.3, -0.25) is 10.1 Å². The van der Waals surface area contributed by atoms with Gasteiger partial charge in [0.1, 0.15) is 0 Å². The average Bonchev–Trinajstić information content (AvgIpc) is 2.55. The van der Waals surface area contributed by atoms with Crippen molar-refractivity contribution in [3.8, 4) is 0 Å². The van der Waals surface area contributed by atoms with Crippen molar-refractivity contribution in [3.05, 3.63) is 86.9 Å². The van der Waals surface area contributed by atoms with Crippen molar-refractivity contribution in [1.82, 2.24) is 0 Å². The molecule has 0 saturated heterocycles. The van der Waals surface area contributed by atoms with E-state index in [0.717, 1.165) is 16.7 Å². The molecule has 3 nitrogen and oxygen atoms in total. The summed E-state index contributed by atoms with van der Waals surface area (Å²) < 4.78 is 0. The van der Waals surface area contributed by atoms with Crippen LogP contribution >= 0.6 is 11.6 Å². The number of benzene rings is 2. The van der Waals surface area contributed by atoms with Gasteiger partial charge >= 0.3 is 0 Å². The van der Waals surface area contributed by atoms with Crippen molar-refractivity contribution in [3.63, 3.8) is 0 Å². The maximum Gasteiger partial charge on any atom is 0.223 e. The second kappa shape index (κ2) is 6.32. The molecule has 1 aliphatic carbocycles. The first-order valence-electron chi connectivity index (χ1n) is 7.29. The minimum absolute atomic E-state index is 0.174. The van der Waals surface area contributed by atoms with Crippen LogP contribution in [0.3, 0.4) is 0 Å². The van der Waals surface area contributed by atoms with Gasteiger partial charge in [-0.25, -0.2) is 0 Å². The van der Waals surface area contributed by atoms with Gasteiger partial charge < -0.3 is 0 Å². The van der Waals surface area contributed by atoms with Crippen LogP contribution in [0.1, 0.15) is 29.9 Å². The molecule has 2 atom stereocenters. The van der Waals surface area contributed by atoms with Gasteiger partial charge in [-0.1, -0.05) is 66.2 Å². The van der Waals surface area contributed by atoms with E-state index in [2.05, 4.69) is 0 Å². The monoisotopic (exact) mass is 313 g/mol. The molecule has 0 N–H and O–H groups in total. The predicted octanol–water partition coefficient (Wildman–Crippen LogP) is 4.95. The fourth-order valence-electron chi connectivity index (χ4n) is 3.10. The molecule has 0 amide bonds. The third-order valence-electron chi connectivity index (χ3n) is 4.23. The molecule has 1 aliphatic rings. The molecule has 0 aliphatic heterocycles. The van der Waals surface area contributed by atoms with E-state index in [9.17, 15) is 10.1 Å². The molecule has 2 aromatic rings. The Hall–Kier alpha value is -2.13. The predicted molar refractivity (Wildman–Crippen MR) is 88.6 cm³/mol. The van der Waals surface area contributed by atoms with E-state index in [1.54, 1.807) is 6.07 Å². The molecular weight excluding hydrogens is 298 g/mol. The van der Waals surface area contributed by atoms with Crippen LogP contribution in [0.15, 0.2) is 60.7 Å². The van der Waals surface area contributed by atoms with Gasteiger partial charge in [0.2, 0.25) is 6.04 Å². The third kappa shape index (κ3) is 2.90. The topological polar surface area (TPSA) is 43.1 Å². The van der Waals surface area contributed by atoms with Crippen LogP contribution < -0.4 is 0 Å². The number of halogens is 1. The zero-order valence-corrected chi connectivity index (χ0v) is 12.7. The van der Waals surface area contributed by atoms with E-state index in [-0.39, 0.29) is 10.8 Å². The normalized spacial score (nSPS) is 21.2. The van der Waals surface area contributed by atoms with Gasteiger partial charge in [-0.2, -0.15) is 0 Å². The summed E-state index contributed by atoms with van der Waals surface area (Å²) in [6.07, 6.45) is 3.07. The van der Waals surface area contributed by atoms with Crippen molar-refractivity contribution in [2.24, 2.45) is 0 Å². The number of hydrogen-bond donors (Lipinski definition) is 0. The van der Waals surface area contributed by atoms with Crippen LogP contribution in [0.4, 0.5) is 0 Å². The molecule has 112 valence electrons. The Morgan fingerprint density at radius 3 is 2.41 bits per heavy atom. The first-order valence-corrected chi connectivity index (χ1v) is 7.67. The lowest BCUT2D eigenvalue weighted by molar-refractivity contribution is -0.526. The summed E-state index contributed by atoms with van der Waals surface area (Å²) in [6, 6.07) is 16.9. The zero-order valence-electron chi connectivity index (χ0n) is 12.0. The van der Waals surface area contributed by atoms with Crippen molar-refractivity contribution in [1.29, 1.82) is 0 Å². The molecule has 0 spiro atoms. The molecule has 0 fully saturated rings. The lowest BCUT2D eigenvalue weighted by Gasteiger charge is -2.27. The number of nitrogens with zero attached hydrogens (tertiary/aromatic N) is 1. The van der Waals surface area contributed by atoms with Gasteiger partial charge in [-0.15, -0.1) is 0 Å². The Bertz CT molecular complexity index is 712. The van der Waals surface area contributed by atoms with E-state index < -0.39 is 6.04 Å². The van der Waals surface area contributed by atoms with E-state index in [1.165, 1.54) is 0 Å². The average molecular weight is 314 g/mol. The molecule has 0 radical (unpaired) electrons. The van der Waals surface area contributed by atoms with Gasteiger partial charge in [0.25, 0.3) is 0 Å². The minimum atomic E-state index is -0.618. The Balaban J connectivity index is 1.98. The highest BCUT2D eigenvalue weighted by molar-refractivity contribution is 6.31. The lowest BCUT2D eigenvalue weighted by Crippen LogP contribution is -2.30. The molecule has 0 heterocycles. The molecule has 22 heavy (non-hydrogen) atoms. The summed E-state index contributed by atoms with van der Waals surface area (Å²) in [5, 5.41) is 12.0. The van der Waals surface area contributed by atoms with Gasteiger partial charge in [0, 0.05) is 16.4 Å². The molecule has 0 saturated carbocycles. The Morgan fingerprint density at radius 2 is 1.73 bits per heavy atom. The highest BCUT2D eigenvalue weighted by atomic mass is 35.5. The van der Waals surface area contributed by atoms with E-state index >= 15 is 0 Å². The van der Waals surface area contributed by atoms with Crippen LogP contribution in [0.25, 0.3) is 5.57 Å². The van der Waals surface area contributed by atoms with Crippen LogP contribution in [-0.2, 0) is 0 Å². The Morgan fingerprint density at radius 1 is 1.05 bits per heavy atom. The maximum atomic E-state index is 11.4.